The maximum Gasteiger partial charge on any atom is 0.355 e. The molecule has 5 rings (SSSR count). The zero-order chi connectivity index (χ0) is 33.2. The average molecular weight is 678 g/mol. The topological polar surface area (TPSA) is 146 Å². The second-order valence-electron chi connectivity index (χ2n) is 10.6. The Labute approximate surface area is 279 Å². The van der Waals surface area contributed by atoms with Gasteiger partial charge in [-0.05, 0) is 81.1 Å². The monoisotopic (exact) mass is 677 g/mol. The number of likely N-dealkylation sites (N-methyl/N-ethyl adjacent to an activating group) is 1. The predicted molar refractivity (Wildman–Crippen MR) is 185 cm³/mol. The summed E-state index contributed by atoms with van der Waals surface area (Å²) in [5.74, 6) is -0.381. The number of rotatable bonds is 17. The first kappa shape index (κ1) is 33.9. The number of aliphatic hydroxyl groups is 1. The zero-order valence-electron chi connectivity index (χ0n) is 26.1. The van der Waals surface area contributed by atoms with Gasteiger partial charge in [-0.25, -0.2) is 19.2 Å². The number of hydrogen-bond acceptors (Lipinski definition) is 12. The van der Waals surface area contributed by atoms with E-state index in [0.29, 0.717) is 65.5 Å². The Kier molecular flexibility index (Phi) is 11.8. The first-order valence-electron chi connectivity index (χ1n) is 15.2. The van der Waals surface area contributed by atoms with Crippen LogP contribution in [0.1, 0.15) is 45.8 Å². The van der Waals surface area contributed by atoms with Gasteiger partial charge in [-0.3, -0.25) is 0 Å². The molecule has 0 fully saturated rings. The summed E-state index contributed by atoms with van der Waals surface area (Å²) in [5, 5.41) is 35.7. The van der Waals surface area contributed by atoms with Crippen LogP contribution < -0.4 is 20.3 Å². The number of aromatic nitrogens is 4. The summed E-state index contributed by atoms with van der Waals surface area (Å²) in [6.45, 7) is 3.27. The van der Waals surface area contributed by atoms with Crippen molar-refractivity contribution < 1.29 is 24.1 Å². The van der Waals surface area contributed by atoms with E-state index in [9.17, 15) is 19.4 Å². The van der Waals surface area contributed by atoms with E-state index >= 15 is 0 Å². The van der Waals surface area contributed by atoms with Gasteiger partial charge in [0.2, 0.25) is 0 Å². The van der Waals surface area contributed by atoms with Crippen LogP contribution in [-0.4, -0.2) is 69.7 Å². The van der Waals surface area contributed by atoms with Crippen molar-refractivity contribution >= 4 is 66.8 Å². The lowest BCUT2D eigenvalue weighted by Crippen LogP contribution is -2.21. The molecule has 0 saturated carbocycles. The fourth-order valence-electron chi connectivity index (χ4n) is 4.70. The number of aromatic carboxylic acids is 1. The summed E-state index contributed by atoms with van der Waals surface area (Å²) in [7, 11) is 1.84. The van der Waals surface area contributed by atoms with E-state index in [2.05, 4.69) is 30.8 Å². The Morgan fingerprint density at radius 3 is 2.68 bits per heavy atom. The van der Waals surface area contributed by atoms with E-state index in [-0.39, 0.29) is 24.7 Å². The molecule has 0 aliphatic rings. The van der Waals surface area contributed by atoms with Gasteiger partial charge in [0, 0.05) is 24.6 Å². The number of hydrogen-bond donors (Lipinski definition) is 4. The molecular formula is C33H36FN7O4S2. The lowest BCUT2D eigenvalue weighted by atomic mass is 10.2. The number of para-hydroxylation sites is 1. The number of aryl methyl sites for hydroxylation is 2. The number of halogens is 1. The third-order valence-electron chi connectivity index (χ3n) is 7.07. The van der Waals surface area contributed by atoms with Crippen LogP contribution in [0.15, 0.2) is 54.6 Å². The van der Waals surface area contributed by atoms with Crippen molar-refractivity contribution in [3.8, 4) is 5.75 Å². The van der Waals surface area contributed by atoms with Crippen LogP contribution in [0.25, 0.3) is 16.3 Å². The highest BCUT2D eigenvalue weighted by Gasteiger charge is 2.23. The van der Waals surface area contributed by atoms with Crippen molar-refractivity contribution in [3.63, 3.8) is 0 Å². The number of benzene rings is 2. The van der Waals surface area contributed by atoms with Gasteiger partial charge in [-0.15, -0.1) is 21.5 Å². The molecule has 47 heavy (non-hydrogen) atoms. The highest BCUT2D eigenvalue weighted by Crippen LogP contribution is 2.34. The summed E-state index contributed by atoms with van der Waals surface area (Å²) in [6, 6.07) is 14.5. The van der Waals surface area contributed by atoms with E-state index in [1.54, 1.807) is 12.1 Å². The molecule has 0 spiro atoms. The molecule has 5 aromatic rings. The van der Waals surface area contributed by atoms with E-state index in [1.165, 1.54) is 28.7 Å². The Bertz CT molecular complexity index is 1810. The van der Waals surface area contributed by atoms with E-state index in [1.807, 2.05) is 61.4 Å². The normalized spacial score (nSPS) is 11.4. The molecule has 0 aliphatic carbocycles. The van der Waals surface area contributed by atoms with Gasteiger partial charge in [0.15, 0.2) is 39.2 Å². The molecule has 11 nitrogen and oxygen atoms in total. The molecule has 0 bridgehead atoms. The number of aliphatic hydroxyl groups excluding tert-OH is 1. The van der Waals surface area contributed by atoms with Crippen molar-refractivity contribution in [2.24, 2.45) is 0 Å². The van der Waals surface area contributed by atoms with Crippen LogP contribution in [-0.2, 0) is 6.42 Å². The lowest BCUT2D eigenvalue weighted by molar-refractivity contribution is 0.0690. The third kappa shape index (κ3) is 8.86. The number of carbonyl (C=O) groups is 1. The summed E-state index contributed by atoms with van der Waals surface area (Å²) in [6.07, 6.45) is 5.76. The van der Waals surface area contributed by atoms with Crippen molar-refractivity contribution in [3.05, 3.63) is 82.1 Å². The smallest absolute Gasteiger partial charge is 0.355 e. The van der Waals surface area contributed by atoms with E-state index < -0.39 is 11.8 Å². The minimum atomic E-state index is -1.13. The van der Waals surface area contributed by atoms with Gasteiger partial charge in [0.25, 0.3) is 0 Å². The first-order valence-corrected chi connectivity index (χ1v) is 16.8. The molecule has 0 amide bonds. The number of unbranched alkanes of at least 4 members (excludes halogenated alkanes) is 1. The molecule has 2 aromatic carbocycles. The van der Waals surface area contributed by atoms with Gasteiger partial charge in [0.1, 0.15) is 0 Å². The fraction of sp³-hybridized carbons (Fsp3) is 0.303. The summed E-state index contributed by atoms with van der Waals surface area (Å²) >= 11 is 2.78. The molecule has 0 aliphatic heterocycles. The van der Waals surface area contributed by atoms with Crippen LogP contribution in [0.3, 0.4) is 0 Å². The molecule has 0 unspecified atom stereocenters. The number of carboxylic acids is 1. The SMILES string of the molecule is CNC/C=C/c1ccc(OCCCc2sc(N(CCCCO)c3cc(C)c(Nc4nc5ccccc5s4)nn3)nc2C(=O)O)c(F)c1. The summed E-state index contributed by atoms with van der Waals surface area (Å²) in [4.78, 5) is 23.7. The maximum atomic E-state index is 14.6. The predicted octanol–water partition coefficient (Wildman–Crippen LogP) is 6.59. The third-order valence-corrected chi connectivity index (χ3v) is 9.16. The number of anilines is 4. The Hall–Kier alpha value is -4.50. The molecule has 0 radical (unpaired) electrons. The average Bonchev–Trinajstić information content (AvgIpc) is 3.67. The highest BCUT2D eigenvalue weighted by atomic mass is 32.1. The Morgan fingerprint density at radius 1 is 1.09 bits per heavy atom. The second-order valence-corrected chi connectivity index (χ2v) is 12.7. The minimum absolute atomic E-state index is 0.0312. The first-order chi connectivity index (χ1) is 22.9. The second kappa shape index (κ2) is 16.4. The van der Waals surface area contributed by atoms with Crippen LogP contribution in [0, 0.1) is 12.7 Å². The molecule has 0 saturated heterocycles. The van der Waals surface area contributed by atoms with Crippen molar-refractivity contribution in [1.29, 1.82) is 0 Å². The number of ether oxygens (including phenoxy) is 1. The van der Waals surface area contributed by atoms with E-state index in [0.717, 1.165) is 21.3 Å². The number of nitrogens with one attached hydrogen (secondary N) is 2. The maximum absolute atomic E-state index is 14.6. The van der Waals surface area contributed by atoms with E-state index in [4.69, 9.17) is 4.74 Å². The van der Waals surface area contributed by atoms with Crippen LogP contribution in [0.2, 0.25) is 0 Å². The molecule has 0 atom stereocenters. The molecule has 14 heteroatoms. The molecule has 3 aromatic heterocycles. The van der Waals surface area contributed by atoms with Crippen molar-refractivity contribution in [2.75, 3.05) is 43.6 Å². The molecule has 246 valence electrons. The van der Waals surface area contributed by atoms with Crippen molar-refractivity contribution in [1.82, 2.24) is 25.5 Å². The lowest BCUT2D eigenvalue weighted by Gasteiger charge is -2.21. The van der Waals surface area contributed by atoms with Crippen LogP contribution in [0.5, 0.6) is 5.75 Å². The van der Waals surface area contributed by atoms with Crippen LogP contribution >= 0.6 is 22.7 Å². The molecule has 3 heterocycles. The number of fused-ring (bicyclic) bond motifs is 1. The standard InChI is InChI=1S/C33H36FN7O4S2/c1-21-19-28(39-40-30(21)38-32-36-24-10-3-4-11-26(24)46-32)41(16-5-6-17-42)33-37-29(31(43)44)27(47-33)12-8-18-45-25-14-13-22(20-23(25)34)9-7-15-35-2/h3-4,7,9-11,13-14,19-20,35,42H,5-6,8,12,15-18H2,1-2H3,(H,43,44)(H,36,38,40)/b9-7+. The van der Waals surface area contributed by atoms with Gasteiger partial charge in [0.05, 0.1) is 16.8 Å². The van der Waals surface area contributed by atoms with Crippen LogP contribution in [0.4, 0.5) is 26.3 Å². The quantitative estimate of drug-likeness (QED) is 0.0791. The van der Waals surface area contributed by atoms with Gasteiger partial charge in [-0.2, -0.15) is 0 Å². The largest absolute Gasteiger partial charge is 0.491 e. The number of nitrogens with zero attached hydrogens (tertiary/aromatic N) is 5. The summed E-state index contributed by atoms with van der Waals surface area (Å²) < 4.78 is 21.3. The van der Waals surface area contributed by atoms with Gasteiger partial charge < -0.3 is 30.5 Å². The number of thiazole rings is 2. The Morgan fingerprint density at radius 2 is 1.94 bits per heavy atom. The summed E-state index contributed by atoms with van der Waals surface area (Å²) in [5.41, 5.74) is 2.41. The minimum Gasteiger partial charge on any atom is -0.491 e. The molecule has 4 N–H and O–H groups in total. The van der Waals surface area contributed by atoms with Gasteiger partial charge in [-0.1, -0.05) is 41.7 Å². The van der Waals surface area contributed by atoms with Crippen molar-refractivity contribution in [2.45, 2.75) is 32.6 Å². The fourth-order valence-corrected chi connectivity index (χ4v) is 6.69. The van der Waals surface area contributed by atoms with Gasteiger partial charge >= 0.3 is 5.97 Å². The molecular weight excluding hydrogens is 642 g/mol. The zero-order valence-corrected chi connectivity index (χ0v) is 27.7. The number of carboxylic acid groups (broad SMARTS) is 1. The Balaban J connectivity index is 1.29. The highest BCUT2D eigenvalue weighted by molar-refractivity contribution is 7.22.